The molecule has 0 saturated carbocycles. The van der Waals surface area contributed by atoms with Crippen molar-refractivity contribution in [2.45, 2.75) is 11.4 Å². The van der Waals surface area contributed by atoms with E-state index in [9.17, 15) is 8.42 Å². The third-order valence-corrected chi connectivity index (χ3v) is 5.55. The van der Waals surface area contributed by atoms with Gasteiger partial charge in [-0.3, -0.25) is 0 Å². The summed E-state index contributed by atoms with van der Waals surface area (Å²) in [6, 6.07) is 17.5. The fraction of sp³-hybridized carbons (Fsp3) is 0.0588. The minimum Gasteiger partial charge on any atom is -0.207 e. The highest BCUT2D eigenvalue weighted by molar-refractivity contribution is 7.89. The second kappa shape index (κ2) is 6.49. The summed E-state index contributed by atoms with van der Waals surface area (Å²) in [6.45, 7) is 0.0988. The number of hydrogen-bond donors (Lipinski definition) is 1. The highest BCUT2D eigenvalue weighted by Gasteiger charge is 2.17. The van der Waals surface area contributed by atoms with Crippen LogP contribution in [0.2, 0.25) is 10.0 Å². The Morgan fingerprint density at radius 3 is 2.43 bits per heavy atom. The summed E-state index contributed by atoms with van der Waals surface area (Å²) in [5.41, 5.74) is 0.667. The van der Waals surface area contributed by atoms with E-state index < -0.39 is 10.0 Å². The molecule has 0 bridgehead atoms. The maximum atomic E-state index is 12.6. The highest BCUT2D eigenvalue weighted by Crippen LogP contribution is 2.24. The molecule has 0 atom stereocenters. The van der Waals surface area contributed by atoms with Crippen LogP contribution in [0.25, 0.3) is 10.8 Å². The highest BCUT2D eigenvalue weighted by atomic mass is 35.5. The van der Waals surface area contributed by atoms with Crippen LogP contribution in [0.4, 0.5) is 0 Å². The summed E-state index contributed by atoms with van der Waals surface area (Å²) in [6.07, 6.45) is 0. The molecule has 0 amide bonds. The topological polar surface area (TPSA) is 46.2 Å². The Hall–Kier alpha value is -1.59. The van der Waals surface area contributed by atoms with Gasteiger partial charge < -0.3 is 0 Å². The monoisotopic (exact) mass is 365 g/mol. The molecule has 3 aromatic carbocycles. The molecule has 0 aromatic heterocycles. The van der Waals surface area contributed by atoms with Crippen molar-refractivity contribution in [3.63, 3.8) is 0 Å². The predicted molar refractivity (Wildman–Crippen MR) is 94.4 cm³/mol. The first-order chi connectivity index (χ1) is 11.0. The molecule has 6 heteroatoms. The number of benzene rings is 3. The van der Waals surface area contributed by atoms with Crippen LogP contribution < -0.4 is 4.72 Å². The van der Waals surface area contributed by atoms with E-state index in [1.54, 1.807) is 36.4 Å². The van der Waals surface area contributed by atoms with E-state index in [4.69, 9.17) is 23.2 Å². The van der Waals surface area contributed by atoms with Crippen LogP contribution >= 0.6 is 23.2 Å². The van der Waals surface area contributed by atoms with Crippen LogP contribution in [0.1, 0.15) is 5.56 Å². The second-order valence-corrected chi connectivity index (χ2v) is 7.62. The van der Waals surface area contributed by atoms with Gasteiger partial charge in [0.2, 0.25) is 10.0 Å². The lowest BCUT2D eigenvalue weighted by Crippen LogP contribution is -2.23. The number of halogens is 2. The Bertz CT molecular complexity index is 966. The molecule has 0 heterocycles. The van der Waals surface area contributed by atoms with Crippen LogP contribution in [0.5, 0.6) is 0 Å². The summed E-state index contributed by atoms with van der Waals surface area (Å²) in [4.78, 5) is 0.251. The molecule has 0 aliphatic heterocycles. The zero-order chi connectivity index (χ0) is 16.4. The van der Waals surface area contributed by atoms with E-state index in [1.165, 1.54) is 0 Å². The number of fused-ring (bicyclic) bond motifs is 1. The lowest BCUT2D eigenvalue weighted by molar-refractivity contribution is 0.582. The second-order valence-electron chi connectivity index (χ2n) is 5.04. The van der Waals surface area contributed by atoms with Gasteiger partial charge in [0.05, 0.1) is 4.90 Å². The number of hydrogen-bond acceptors (Lipinski definition) is 2. The number of nitrogens with one attached hydrogen (secondary N) is 1. The minimum atomic E-state index is -3.65. The summed E-state index contributed by atoms with van der Waals surface area (Å²) >= 11 is 11.9. The summed E-state index contributed by atoms with van der Waals surface area (Å²) in [5.74, 6) is 0. The van der Waals surface area contributed by atoms with E-state index in [0.717, 1.165) is 5.39 Å². The minimum absolute atomic E-state index is 0.0988. The van der Waals surface area contributed by atoms with E-state index in [0.29, 0.717) is 21.0 Å². The normalized spacial score (nSPS) is 11.7. The van der Waals surface area contributed by atoms with Gasteiger partial charge in [0, 0.05) is 22.0 Å². The van der Waals surface area contributed by atoms with Crippen molar-refractivity contribution in [2.75, 3.05) is 0 Å². The molecule has 3 aromatic rings. The first-order valence-corrected chi connectivity index (χ1v) is 9.13. The van der Waals surface area contributed by atoms with Crippen LogP contribution in [0.3, 0.4) is 0 Å². The molecule has 3 rings (SSSR count). The molecule has 23 heavy (non-hydrogen) atoms. The van der Waals surface area contributed by atoms with Gasteiger partial charge in [0.1, 0.15) is 0 Å². The molecule has 0 aliphatic rings. The Balaban J connectivity index is 1.92. The molecule has 0 saturated heterocycles. The van der Waals surface area contributed by atoms with Crippen molar-refractivity contribution >= 4 is 44.0 Å². The summed E-state index contributed by atoms with van der Waals surface area (Å²) in [7, 11) is -3.65. The quantitative estimate of drug-likeness (QED) is 0.732. The standard InChI is InChI=1S/C17H13Cl2NO2S/c18-14-9-8-13(16(19)10-14)11-20-23(21,22)17-7-3-5-12-4-1-2-6-15(12)17/h1-10,20H,11H2. The fourth-order valence-electron chi connectivity index (χ4n) is 2.35. The molecule has 0 fully saturated rings. The van der Waals surface area contributed by atoms with Gasteiger partial charge in [-0.25, -0.2) is 13.1 Å². The van der Waals surface area contributed by atoms with Crippen LogP contribution in [0, 0.1) is 0 Å². The lowest BCUT2D eigenvalue weighted by Gasteiger charge is -2.10. The molecular formula is C17H13Cl2NO2S. The SMILES string of the molecule is O=S(=O)(NCc1ccc(Cl)cc1Cl)c1cccc2ccccc12. The number of rotatable bonds is 4. The van der Waals surface area contributed by atoms with Gasteiger partial charge in [-0.15, -0.1) is 0 Å². The molecule has 1 N–H and O–H groups in total. The van der Waals surface area contributed by atoms with Crippen LogP contribution in [0.15, 0.2) is 65.6 Å². The van der Waals surface area contributed by atoms with E-state index in [1.807, 2.05) is 24.3 Å². The summed E-state index contributed by atoms with van der Waals surface area (Å²) < 4.78 is 27.8. The summed E-state index contributed by atoms with van der Waals surface area (Å²) in [5, 5.41) is 2.50. The first kappa shape index (κ1) is 16.3. The Kier molecular flexibility index (Phi) is 4.60. The third-order valence-electron chi connectivity index (χ3n) is 3.51. The molecule has 0 spiro atoms. The maximum absolute atomic E-state index is 12.6. The molecule has 0 radical (unpaired) electrons. The Morgan fingerprint density at radius 2 is 1.65 bits per heavy atom. The molecule has 3 nitrogen and oxygen atoms in total. The predicted octanol–water partition coefficient (Wildman–Crippen LogP) is 4.63. The van der Waals surface area contributed by atoms with Gasteiger partial charge in [0.25, 0.3) is 0 Å². The number of sulfonamides is 1. The molecule has 0 unspecified atom stereocenters. The smallest absolute Gasteiger partial charge is 0.207 e. The Labute approximate surface area is 144 Å². The van der Waals surface area contributed by atoms with Gasteiger partial charge in [0.15, 0.2) is 0 Å². The average Bonchev–Trinajstić information content (AvgIpc) is 2.53. The van der Waals surface area contributed by atoms with E-state index in [2.05, 4.69) is 4.72 Å². The van der Waals surface area contributed by atoms with Crippen molar-refractivity contribution in [1.82, 2.24) is 4.72 Å². The molecule has 118 valence electrons. The van der Waals surface area contributed by atoms with Gasteiger partial charge >= 0.3 is 0 Å². The Morgan fingerprint density at radius 1 is 0.913 bits per heavy atom. The van der Waals surface area contributed by atoms with E-state index >= 15 is 0 Å². The largest absolute Gasteiger partial charge is 0.241 e. The lowest BCUT2D eigenvalue weighted by atomic mass is 10.1. The third kappa shape index (κ3) is 3.51. The van der Waals surface area contributed by atoms with Crippen molar-refractivity contribution in [1.29, 1.82) is 0 Å². The van der Waals surface area contributed by atoms with Gasteiger partial charge in [-0.1, -0.05) is 65.7 Å². The first-order valence-electron chi connectivity index (χ1n) is 6.89. The van der Waals surface area contributed by atoms with Crippen molar-refractivity contribution in [3.05, 3.63) is 76.3 Å². The maximum Gasteiger partial charge on any atom is 0.241 e. The molecule has 0 aliphatic carbocycles. The van der Waals surface area contributed by atoms with Crippen LogP contribution in [-0.4, -0.2) is 8.42 Å². The van der Waals surface area contributed by atoms with Crippen molar-refractivity contribution in [2.24, 2.45) is 0 Å². The van der Waals surface area contributed by atoms with Gasteiger partial charge in [-0.05, 0) is 29.1 Å². The zero-order valence-corrected chi connectivity index (χ0v) is 14.3. The van der Waals surface area contributed by atoms with Crippen LogP contribution in [-0.2, 0) is 16.6 Å². The van der Waals surface area contributed by atoms with E-state index in [-0.39, 0.29) is 11.4 Å². The fourth-order valence-corrected chi connectivity index (χ4v) is 4.06. The average molecular weight is 366 g/mol. The van der Waals surface area contributed by atoms with Crippen molar-refractivity contribution in [3.8, 4) is 0 Å². The zero-order valence-electron chi connectivity index (χ0n) is 12.0. The van der Waals surface area contributed by atoms with Crippen molar-refractivity contribution < 1.29 is 8.42 Å². The molecular weight excluding hydrogens is 353 g/mol. The van der Waals surface area contributed by atoms with Gasteiger partial charge in [-0.2, -0.15) is 0 Å².